The van der Waals surface area contributed by atoms with Crippen molar-refractivity contribution in [2.24, 2.45) is 5.92 Å². The second-order valence-electron chi connectivity index (χ2n) is 6.39. The quantitative estimate of drug-likeness (QED) is 0.810. The summed E-state index contributed by atoms with van der Waals surface area (Å²) in [6, 6.07) is 6.12. The maximum absolute atomic E-state index is 12.0. The van der Waals surface area contributed by atoms with Gasteiger partial charge in [-0.05, 0) is 48.6 Å². The van der Waals surface area contributed by atoms with Crippen LogP contribution in [0.1, 0.15) is 30.9 Å². The van der Waals surface area contributed by atoms with E-state index in [1.807, 2.05) is 6.07 Å². The van der Waals surface area contributed by atoms with Crippen LogP contribution >= 0.6 is 0 Å². The Morgan fingerprint density at radius 3 is 3.00 bits per heavy atom. The van der Waals surface area contributed by atoms with Gasteiger partial charge < -0.3 is 19.5 Å². The number of rotatable bonds is 6. The number of esters is 1. The number of fused-ring (bicyclic) bond motifs is 1. The second kappa shape index (κ2) is 7.36. The molecule has 3 rings (SSSR count). The van der Waals surface area contributed by atoms with Crippen LogP contribution in [0.5, 0.6) is 5.75 Å². The zero-order chi connectivity index (χ0) is 17.1. The van der Waals surface area contributed by atoms with Crippen molar-refractivity contribution in [2.45, 2.75) is 25.9 Å². The maximum Gasteiger partial charge on any atom is 0.312 e. The molecule has 1 aromatic rings. The van der Waals surface area contributed by atoms with Crippen molar-refractivity contribution in [3.8, 4) is 5.75 Å². The predicted octanol–water partition coefficient (Wildman–Crippen LogP) is 2.19. The third-order valence-corrected chi connectivity index (χ3v) is 4.88. The number of methoxy groups -OCH3 is 1. The summed E-state index contributed by atoms with van der Waals surface area (Å²) in [5.41, 5.74) is 3.83. The minimum atomic E-state index is -0.590. The smallest absolute Gasteiger partial charge is 0.312 e. The molecule has 130 valence electrons. The van der Waals surface area contributed by atoms with E-state index in [1.54, 1.807) is 14.0 Å². The summed E-state index contributed by atoms with van der Waals surface area (Å²) in [5.74, 6) is 0.164. The number of piperidine rings is 1. The number of carbonyl (C=O) groups excluding carboxylic acids is 1. The summed E-state index contributed by atoms with van der Waals surface area (Å²) >= 11 is 0. The molecule has 1 aromatic carbocycles. The van der Waals surface area contributed by atoms with Gasteiger partial charge in [0, 0.05) is 19.6 Å². The molecule has 0 bridgehead atoms. The summed E-state index contributed by atoms with van der Waals surface area (Å²) in [4.78, 5) is 14.2. The molecule has 5 heteroatoms. The van der Waals surface area contributed by atoms with Gasteiger partial charge in [0.15, 0.2) is 0 Å². The first-order valence-corrected chi connectivity index (χ1v) is 8.58. The Morgan fingerprint density at radius 1 is 1.42 bits per heavy atom. The van der Waals surface area contributed by atoms with E-state index in [0.717, 1.165) is 25.3 Å². The lowest BCUT2D eigenvalue weighted by Gasteiger charge is -2.35. The maximum atomic E-state index is 12.0. The molecule has 0 unspecified atom stereocenters. The standard InChI is InChI=1S/C19H25NO4/c1-3-24-19(22)17-12-20(9-7-18(17)21)8-6-14-10-13-4-5-15(23-2)11-16(13)14/h4-5,10-11,17-18,21H,3,6-9,12H2,1-2H3/t17-,18-/m0/s1. The molecule has 0 saturated carbocycles. The van der Waals surface area contributed by atoms with Crippen LogP contribution < -0.4 is 4.74 Å². The monoisotopic (exact) mass is 331 g/mol. The van der Waals surface area contributed by atoms with Gasteiger partial charge in [0.2, 0.25) is 0 Å². The van der Waals surface area contributed by atoms with Crippen LogP contribution in [0, 0.1) is 5.92 Å². The molecule has 0 spiro atoms. The lowest BCUT2D eigenvalue weighted by molar-refractivity contribution is -0.155. The van der Waals surface area contributed by atoms with Gasteiger partial charge in [-0.25, -0.2) is 0 Å². The summed E-state index contributed by atoms with van der Waals surface area (Å²) < 4.78 is 10.4. The number of likely N-dealkylation sites (tertiary alicyclic amines) is 1. The van der Waals surface area contributed by atoms with Crippen molar-refractivity contribution in [2.75, 3.05) is 33.4 Å². The predicted molar refractivity (Wildman–Crippen MR) is 92.7 cm³/mol. The fraction of sp³-hybridized carbons (Fsp3) is 0.526. The highest BCUT2D eigenvalue weighted by Gasteiger charge is 2.34. The zero-order valence-corrected chi connectivity index (χ0v) is 14.3. The van der Waals surface area contributed by atoms with Gasteiger partial charge in [0.1, 0.15) is 5.75 Å². The number of ether oxygens (including phenoxy) is 2. The van der Waals surface area contributed by atoms with E-state index in [4.69, 9.17) is 9.47 Å². The SMILES string of the molecule is CCOC(=O)[C@H]1CN(CCC2=Cc3ccc(OC)cc32)CC[C@@H]1O. The molecule has 0 aromatic heterocycles. The largest absolute Gasteiger partial charge is 0.497 e. The number of benzene rings is 1. The summed E-state index contributed by atoms with van der Waals surface area (Å²) in [5, 5.41) is 10.1. The lowest BCUT2D eigenvalue weighted by Crippen LogP contribution is -2.47. The number of aliphatic hydroxyl groups excluding tert-OH is 1. The molecule has 2 aliphatic rings. The highest BCUT2D eigenvalue weighted by Crippen LogP contribution is 2.37. The van der Waals surface area contributed by atoms with Crippen LogP contribution in [0.3, 0.4) is 0 Å². The molecule has 1 aliphatic heterocycles. The van der Waals surface area contributed by atoms with Gasteiger partial charge in [0.05, 0.1) is 25.7 Å². The molecule has 1 heterocycles. The van der Waals surface area contributed by atoms with Crippen molar-refractivity contribution in [3.63, 3.8) is 0 Å². The van der Waals surface area contributed by atoms with Gasteiger partial charge in [-0.3, -0.25) is 4.79 Å². The van der Waals surface area contributed by atoms with Crippen molar-refractivity contribution in [3.05, 3.63) is 29.3 Å². The Bertz CT molecular complexity index is 640. The Labute approximate surface area is 142 Å². The molecule has 5 nitrogen and oxygen atoms in total. The van der Waals surface area contributed by atoms with E-state index in [-0.39, 0.29) is 5.97 Å². The number of nitrogens with zero attached hydrogens (tertiary/aromatic N) is 1. The van der Waals surface area contributed by atoms with E-state index in [9.17, 15) is 9.90 Å². The van der Waals surface area contributed by atoms with Crippen LogP contribution in [0.2, 0.25) is 0 Å². The normalized spacial score (nSPS) is 23.0. The molecular weight excluding hydrogens is 306 g/mol. The van der Waals surface area contributed by atoms with E-state index in [0.29, 0.717) is 19.6 Å². The molecular formula is C19H25NO4. The third-order valence-electron chi connectivity index (χ3n) is 4.88. The number of carbonyl (C=O) groups is 1. The van der Waals surface area contributed by atoms with Crippen LogP contribution in [0.4, 0.5) is 0 Å². The lowest BCUT2D eigenvalue weighted by atomic mass is 9.86. The minimum absolute atomic E-state index is 0.285. The molecule has 1 fully saturated rings. The van der Waals surface area contributed by atoms with Crippen LogP contribution in [-0.4, -0.2) is 55.4 Å². The summed E-state index contributed by atoms with van der Waals surface area (Å²) in [7, 11) is 1.68. The molecule has 0 radical (unpaired) electrons. The first-order chi connectivity index (χ1) is 11.6. The van der Waals surface area contributed by atoms with Gasteiger partial charge in [-0.1, -0.05) is 12.1 Å². The van der Waals surface area contributed by atoms with Crippen LogP contribution in [0.25, 0.3) is 11.6 Å². The zero-order valence-electron chi connectivity index (χ0n) is 14.3. The first-order valence-electron chi connectivity index (χ1n) is 8.58. The summed E-state index contributed by atoms with van der Waals surface area (Å²) in [6.45, 7) is 4.41. The second-order valence-corrected chi connectivity index (χ2v) is 6.39. The number of hydrogen-bond acceptors (Lipinski definition) is 5. The fourth-order valence-electron chi connectivity index (χ4n) is 3.43. The van der Waals surface area contributed by atoms with Gasteiger partial charge in [-0.2, -0.15) is 0 Å². The van der Waals surface area contributed by atoms with E-state index < -0.39 is 12.0 Å². The molecule has 1 N–H and O–H groups in total. The molecule has 24 heavy (non-hydrogen) atoms. The molecule has 1 aliphatic carbocycles. The van der Waals surface area contributed by atoms with E-state index in [2.05, 4.69) is 23.1 Å². The third kappa shape index (κ3) is 3.47. The number of hydrogen-bond donors (Lipinski definition) is 1. The highest BCUT2D eigenvalue weighted by atomic mass is 16.5. The van der Waals surface area contributed by atoms with Gasteiger partial charge in [0.25, 0.3) is 0 Å². The average molecular weight is 331 g/mol. The average Bonchev–Trinajstić information content (AvgIpc) is 2.57. The Kier molecular flexibility index (Phi) is 5.21. The molecule has 1 saturated heterocycles. The Morgan fingerprint density at radius 2 is 2.25 bits per heavy atom. The van der Waals surface area contributed by atoms with Gasteiger partial charge in [-0.15, -0.1) is 0 Å². The van der Waals surface area contributed by atoms with Gasteiger partial charge >= 0.3 is 5.97 Å². The Hall–Kier alpha value is -1.85. The van der Waals surface area contributed by atoms with E-state index >= 15 is 0 Å². The first kappa shape index (κ1) is 17.0. The van der Waals surface area contributed by atoms with Crippen LogP contribution in [0.15, 0.2) is 18.2 Å². The summed E-state index contributed by atoms with van der Waals surface area (Å²) in [6.07, 6.45) is 3.17. The van der Waals surface area contributed by atoms with Crippen molar-refractivity contribution >= 4 is 17.6 Å². The molecule has 0 amide bonds. The highest BCUT2D eigenvalue weighted by molar-refractivity contribution is 5.96. The topological polar surface area (TPSA) is 59.0 Å². The van der Waals surface area contributed by atoms with Crippen molar-refractivity contribution in [1.82, 2.24) is 4.90 Å². The van der Waals surface area contributed by atoms with Crippen molar-refractivity contribution in [1.29, 1.82) is 0 Å². The van der Waals surface area contributed by atoms with Crippen molar-refractivity contribution < 1.29 is 19.4 Å². The number of aliphatic hydroxyl groups is 1. The fourth-order valence-corrected chi connectivity index (χ4v) is 3.43. The van der Waals surface area contributed by atoms with E-state index in [1.165, 1.54) is 16.7 Å². The Balaban J connectivity index is 1.54. The molecule has 2 atom stereocenters. The minimum Gasteiger partial charge on any atom is -0.497 e. The van der Waals surface area contributed by atoms with Crippen LogP contribution in [-0.2, 0) is 9.53 Å².